The quantitative estimate of drug-likeness (QED) is 0.866. The van der Waals surface area contributed by atoms with Crippen molar-refractivity contribution < 1.29 is 4.21 Å². The van der Waals surface area contributed by atoms with Crippen molar-refractivity contribution in [2.45, 2.75) is 11.7 Å². The van der Waals surface area contributed by atoms with E-state index < -0.39 is 10.8 Å². The summed E-state index contributed by atoms with van der Waals surface area (Å²) in [5.74, 6) is 0. The molecule has 2 aromatic rings. The summed E-state index contributed by atoms with van der Waals surface area (Å²) in [7, 11) is -1.15. The van der Waals surface area contributed by atoms with Crippen molar-refractivity contribution in [2.24, 2.45) is 0 Å². The molecule has 1 aromatic carbocycles. The van der Waals surface area contributed by atoms with Crippen LogP contribution in [0.1, 0.15) is 5.56 Å². The fraction of sp³-hybridized carbons (Fsp3) is 0.200. The molecule has 0 aliphatic carbocycles. The lowest BCUT2D eigenvalue weighted by atomic mass is 10.2. The molecule has 0 amide bonds. The van der Waals surface area contributed by atoms with Gasteiger partial charge in [-0.15, -0.1) is 10.2 Å². The minimum Gasteiger partial charge on any atom is -0.302 e. The molecule has 0 aliphatic rings. The zero-order chi connectivity index (χ0) is 12.4. The molecule has 0 spiro atoms. The maximum absolute atomic E-state index is 11.4. The highest BCUT2D eigenvalue weighted by Crippen LogP contribution is 2.22. The summed E-state index contributed by atoms with van der Waals surface area (Å²) < 4.78 is 14.1. The van der Waals surface area contributed by atoms with Crippen LogP contribution in [0, 0.1) is 0 Å². The fourth-order valence-electron chi connectivity index (χ4n) is 1.41. The molecule has 4 nitrogen and oxygen atoms in total. The predicted octanol–water partition coefficient (Wildman–Crippen LogP) is 2.48. The molecule has 1 heterocycles. The van der Waals surface area contributed by atoms with Gasteiger partial charge >= 0.3 is 0 Å². The summed E-state index contributed by atoms with van der Waals surface area (Å²) in [5, 5.41) is 8.73. The second-order valence-corrected chi connectivity index (χ2v) is 6.00. The number of rotatable bonds is 3. The average Bonchev–Trinajstić information content (AvgIpc) is 2.70. The predicted molar refractivity (Wildman–Crippen MR) is 70.6 cm³/mol. The van der Waals surface area contributed by atoms with Crippen molar-refractivity contribution in [2.75, 3.05) is 6.26 Å². The molecule has 2 rings (SSSR count). The van der Waals surface area contributed by atoms with E-state index in [0.29, 0.717) is 16.7 Å². The SMILES string of the molecule is CS(=O)c1nncn1Cc1ccc(Cl)cc1Br. The van der Waals surface area contributed by atoms with E-state index in [-0.39, 0.29) is 0 Å². The van der Waals surface area contributed by atoms with Gasteiger partial charge in [0.25, 0.3) is 0 Å². The van der Waals surface area contributed by atoms with Gasteiger partial charge in [-0.25, -0.2) is 0 Å². The number of benzene rings is 1. The summed E-state index contributed by atoms with van der Waals surface area (Å²) in [6, 6.07) is 5.55. The van der Waals surface area contributed by atoms with Gasteiger partial charge in [-0.05, 0) is 17.7 Å². The topological polar surface area (TPSA) is 47.8 Å². The van der Waals surface area contributed by atoms with E-state index in [0.717, 1.165) is 10.0 Å². The van der Waals surface area contributed by atoms with Gasteiger partial charge in [0.15, 0.2) is 0 Å². The third kappa shape index (κ3) is 2.94. The minimum absolute atomic E-state index is 0.465. The van der Waals surface area contributed by atoms with Crippen LogP contribution in [-0.2, 0) is 17.3 Å². The third-order valence-corrected chi connectivity index (χ3v) is 4.00. The van der Waals surface area contributed by atoms with Crippen LogP contribution in [0.15, 0.2) is 34.2 Å². The van der Waals surface area contributed by atoms with Crippen LogP contribution >= 0.6 is 27.5 Å². The Bertz CT molecular complexity index is 572. The Labute approximate surface area is 115 Å². The molecule has 0 fully saturated rings. The van der Waals surface area contributed by atoms with Crippen LogP contribution in [-0.4, -0.2) is 25.2 Å². The first-order valence-corrected chi connectivity index (χ1v) is 7.46. The van der Waals surface area contributed by atoms with Crippen LogP contribution < -0.4 is 0 Å². The van der Waals surface area contributed by atoms with Crippen LogP contribution in [0.25, 0.3) is 0 Å². The third-order valence-electron chi connectivity index (χ3n) is 2.19. The zero-order valence-electron chi connectivity index (χ0n) is 8.93. The zero-order valence-corrected chi connectivity index (χ0v) is 12.1. The molecule has 1 unspecified atom stereocenters. The smallest absolute Gasteiger partial charge is 0.221 e. The summed E-state index contributed by atoms with van der Waals surface area (Å²) in [4.78, 5) is 0. The Balaban J connectivity index is 2.31. The monoisotopic (exact) mass is 333 g/mol. The first-order chi connectivity index (χ1) is 8.08. The molecular formula is C10H9BrClN3OS. The van der Waals surface area contributed by atoms with Gasteiger partial charge in [0.1, 0.15) is 6.33 Å². The molecule has 7 heteroatoms. The Morgan fingerprint density at radius 1 is 1.53 bits per heavy atom. The van der Waals surface area contributed by atoms with E-state index in [1.165, 1.54) is 0 Å². The number of halogens is 2. The van der Waals surface area contributed by atoms with Gasteiger partial charge < -0.3 is 4.57 Å². The highest BCUT2D eigenvalue weighted by atomic mass is 79.9. The number of aromatic nitrogens is 3. The summed E-state index contributed by atoms with van der Waals surface area (Å²) in [6.45, 7) is 0.555. The molecule has 90 valence electrons. The fourth-order valence-corrected chi connectivity index (χ4v) is 2.82. The molecule has 0 saturated heterocycles. The summed E-state index contributed by atoms with van der Waals surface area (Å²) >= 11 is 9.31. The van der Waals surface area contributed by atoms with Crippen molar-refractivity contribution in [1.82, 2.24) is 14.8 Å². The van der Waals surface area contributed by atoms with Gasteiger partial charge in [-0.1, -0.05) is 33.6 Å². The van der Waals surface area contributed by atoms with E-state index in [1.807, 2.05) is 18.2 Å². The average molecular weight is 335 g/mol. The van der Waals surface area contributed by atoms with Crippen LogP contribution in [0.5, 0.6) is 0 Å². The standard InChI is InChI=1S/C10H9BrClN3OS/c1-17(16)10-14-13-6-15(10)5-7-2-3-8(12)4-9(7)11/h2-4,6H,5H2,1H3. The summed E-state index contributed by atoms with van der Waals surface area (Å²) in [5.41, 5.74) is 1.03. The molecule has 1 aromatic heterocycles. The lowest BCUT2D eigenvalue weighted by Gasteiger charge is -2.07. The molecule has 0 aliphatic heterocycles. The largest absolute Gasteiger partial charge is 0.302 e. The lowest BCUT2D eigenvalue weighted by Crippen LogP contribution is -2.05. The van der Waals surface area contributed by atoms with Gasteiger partial charge in [0.2, 0.25) is 5.16 Å². The Hall–Kier alpha value is -0.720. The maximum Gasteiger partial charge on any atom is 0.221 e. The molecule has 1 atom stereocenters. The second-order valence-electron chi connectivity index (χ2n) is 3.43. The minimum atomic E-state index is -1.15. The number of hydrogen-bond donors (Lipinski definition) is 0. The normalized spacial score (nSPS) is 12.6. The molecule has 0 radical (unpaired) electrons. The second kappa shape index (κ2) is 5.29. The molecular weight excluding hydrogens is 326 g/mol. The first-order valence-electron chi connectivity index (χ1n) is 4.73. The molecule has 0 bridgehead atoms. The van der Waals surface area contributed by atoms with Gasteiger partial charge in [0, 0.05) is 15.8 Å². The van der Waals surface area contributed by atoms with E-state index in [9.17, 15) is 4.21 Å². The van der Waals surface area contributed by atoms with Gasteiger partial charge in [-0.2, -0.15) is 0 Å². The molecule has 0 N–H and O–H groups in total. The van der Waals surface area contributed by atoms with E-state index in [1.54, 1.807) is 17.2 Å². The number of hydrogen-bond acceptors (Lipinski definition) is 3. The van der Waals surface area contributed by atoms with E-state index >= 15 is 0 Å². The Morgan fingerprint density at radius 3 is 2.94 bits per heavy atom. The van der Waals surface area contributed by atoms with E-state index in [4.69, 9.17) is 11.6 Å². The Kier molecular flexibility index (Phi) is 3.96. The van der Waals surface area contributed by atoms with Gasteiger partial charge in [0.05, 0.1) is 17.3 Å². The van der Waals surface area contributed by atoms with Crippen molar-refractivity contribution >= 4 is 38.3 Å². The van der Waals surface area contributed by atoms with Crippen molar-refractivity contribution in [3.05, 3.63) is 39.6 Å². The van der Waals surface area contributed by atoms with Crippen molar-refractivity contribution in [3.8, 4) is 0 Å². The molecule has 0 saturated carbocycles. The van der Waals surface area contributed by atoms with Crippen LogP contribution in [0.3, 0.4) is 0 Å². The van der Waals surface area contributed by atoms with E-state index in [2.05, 4.69) is 26.1 Å². The highest BCUT2D eigenvalue weighted by molar-refractivity contribution is 9.10. The van der Waals surface area contributed by atoms with Crippen molar-refractivity contribution in [1.29, 1.82) is 0 Å². The summed E-state index contributed by atoms with van der Waals surface area (Å²) in [6.07, 6.45) is 3.15. The van der Waals surface area contributed by atoms with Crippen LogP contribution in [0.4, 0.5) is 0 Å². The van der Waals surface area contributed by atoms with Gasteiger partial charge in [-0.3, -0.25) is 4.21 Å². The maximum atomic E-state index is 11.4. The van der Waals surface area contributed by atoms with Crippen molar-refractivity contribution in [3.63, 3.8) is 0 Å². The number of nitrogens with zero attached hydrogens (tertiary/aromatic N) is 3. The highest BCUT2D eigenvalue weighted by Gasteiger charge is 2.09. The van der Waals surface area contributed by atoms with Crippen LogP contribution in [0.2, 0.25) is 5.02 Å². The Morgan fingerprint density at radius 2 is 2.29 bits per heavy atom. The lowest BCUT2D eigenvalue weighted by molar-refractivity contribution is 0.653. The first kappa shape index (κ1) is 12.7. The molecule has 17 heavy (non-hydrogen) atoms.